The molecule has 0 aliphatic carbocycles. The third kappa shape index (κ3) is 5.80. The van der Waals surface area contributed by atoms with Gasteiger partial charge in [0.15, 0.2) is 0 Å². The van der Waals surface area contributed by atoms with Crippen LogP contribution < -0.4 is 5.32 Å². The fraction of sp³-hybridized carbons (Fsp3) is 0.318. The van der Waals surface area contributed by atoms with Gasteiger partial charge in [0.05, 0.1) is 23.6 Å². The molecule has 0 aromatic heterocycles. The molecule has 1 saturated heterocycles. The summed E-state index contributed by atoms with van der Waals surface area (Å²) in [5.74, 6) is -0.0321. The van der Waals surface area contributed by atoms with E-state index in [0.717, 1.165) is 5.56 Å². The Morgan fingerprint density at radius 3 is 2.41 bits per heavy atom. The Balaban J connectivity index is 1.45. The number of nitrogens with one attached hydrogen (secondary N) is 1. The van der Waals surface area contributed by atoms with E-state index in [-0.39, 0.29) is 18.4 Å². The molecule has 2 aromatic rings. The maximum atomic E-state index is 12.5. The highest BCUT2D eigenvalue weighted by Gasteiger charge is 2.22. The first-order valence-electron chi connectivity index (χ1n) is 9.50. The van der Waals surface area contributed by atoms with Crippen molar-refractivity contribution in [2.45, 2.75) is 13.3 Å². The number of halogens is 1. The largest absolute Gasteiger partial charge is 0.340 e. The third-order valence-electron chi connectivity index (χ3n) is 4.94. The Bertz CT molecular complexity index is 929. The Hall–Kier alpha value is -2.88. The number of hydrogen-bond donors (Lipinski definition) is 1. The van der Waals surface area contributed by atoms with Gasteiger partial charge < -0.3 is 10.2 Å². The van der Waals surface area contributed by atoms with Gasteiger partial charge in [-0.3, -0.25) is 14.5 Å². The van der Waals surface area contributed by atoms with Crippen molar-refractivity contribution in [2.24, 2.45) is 0 Å². The topological polar surface area (TPSA) is 76.4 Å². The molecular formula is C22H23ClN4O2. The van der Waals surface area contributed by atoms with E-state index >= 15 is 0 Å². The lowest BCUT2D eigenvalue weighted by Crippen LogP contribution is -2.50. The maximum absolute atomic E-state index is 12.5. The van der Waals surface area contributed by atoms with Crippen molar-refractivity contribution in [3.63, 3.8) is 0 Å². The minimum Gasteiger partial charge on any atom is -0.340 e. The second kappa shape index (κ2) is 9.55. The van der Waals surface area contributed by atoms with Gasteiger partial charge in [0.25, 0.3) is 0 Å². The van der Waals surface area contributed by atoms with Crippen molar-refractivity contribution in [2.75, 3.05) is 38.0 Å². The number of amides is 2. The van der Waals surface area contributed by atoms with Gasteiger partial charge in [0.1, 0.15) is 6.07 Å². The predicted octanol–water partition coefficient (Wildman–Crippen LogP) is 2.85. The normalized spacial score (nSPS) is 14.3. The zero-order valence-corrected chi connectivity index (χ0v) is 17.1. The highest BCUT2D eigenvalue weighted by Crippen LogP contribution is 2.20. The van der Waals surface area contributed by atoms with E-state index in [9.17, 15) is 9.59 Å². The Morgan fingerprint density at radius 1 is 1.10 bits per heavy atom. The molecule has 150 valence electrons. The van der Waals surface area contributed by atoms with Gasteiger partial charge in [-0.05, 0) is 30.7 Å². The quantitative estimate of drug-likeness (QED) is 0.822. The Morgan fingerprint density at radius 2 is 1.79 bits per heavy atom. The van der Waals surface area contributed by atoms with E-state index in [4.69, 9.17) is 16.9 Å². The Kier molecular flexibility index (Phi) is 6.86. The minimum absolute atomic E-state index is 0.116. The molecule has 0 spiro atoms. The molecule has 6 nitrogen and oxygen atoms in total. The number of nitriles is 1. The summed E-state index contributed by atoms with van der Waals surface area (Å²) in [6.07, 6.45) is 0.403. The van der Waals surface area contributed by atoms with Crippen LogP contribution in [0.2, 0.25) is 5.02 Å². The van der Waals surface area contributed by atoms with E-state index in [0.29, 0.717) is 48.9 Å². The molecule has 29 heavy (non-hydrogen) atoms. The van der Waals surface area contributed by atoms with Gasteiger partial charge >= 0.3 is 0 Å². The SMILES string of the molecule is Cc1ccc(CC(=O)N2CCN(CC(=O)Nc3ccc(C#N)c(Cl)c3)CC2)cc1. The standard InChI is InChI=1S/C22H23ClN4O2/c1-16-2-4-17(5-3-16)12-22(29)27-10-8-26(9-11-27)15-21(28)25-19-7-6-18(14-24)20(23)13-19/h2-7,13H,8-12,15H2,1H3,(H,25,28). The number of anilines is 1. The molecule has 1 fully saturated rings. The lowest BCUT2D eigenvalue weighted by atomic mass is 10.1. The molecule has 2 aromatic carbocycles. The van der Waals surface area contributed by atoms with Crippen molar-refractivity contribution < 1.29 is 9.59 Å². The summed E-state index contributed by atoms with van der Waals surface area (Å²) < 4.78 is 0. The number of carbonyl (C=O) groups is 2. The minimum atomic E-state index is -0.148. The molecule has 0 radical (unpaired) electrons. The number of hydrogen-bond acceptors (Lipinski definition) is 4. The summed E-state index contributed by atoms with van der Waals surface area (Å²) in [6, 6.07) is 14.8. The molecule has 1 aliphatic rings. The fourth-order valence-electron chi connectivity index (χ4n) is 3.23. The molecular weight excluding hydrogens is 388 g/mol. The molecule has 1 N–H and O–H groups in total. The maximum Gasteiger partial charge on any atom is 0.238 e. The first kappa shape index (κ1) is 20.8. The van der Waals surface area contributed by atoms with E-state index in [1.807, 2.05) is 47.1 Å². The van der Waals surface area contributed by atoms with Crippen LogP contribution in [0.4, 0.5) is 5.69 Å². The van der Waals surface area contributed by atoms with E-state index in [1.54, 1.807) is 18.2 Å². The summed E-state index contributed by atoms with van der Waals surface area (Å²) in [4.78, 5) is 28.7. The zero-order chi connectivity index (χ0) is 20.8. The summed E-state index contributed by atoms with van der Waals surface area (Å²) in [5.41, 5.74) is 3.13. The molecule has 0 bridgehead atoms. The van der Waals surface area contributed by atoms with E-state index in [2.05, 4.69) is 5.32 Å². The van der Waals surface area contributed by atoms with Gasteiger partial charge in [0, 0.05) is 31.9 Å². The number of rotatable bonds is 5. The van der Waals surface area contributed by atoms with Crippen LogP contribution >= 0.6 is 11.6 Å². The lowest BCUT2D eigenvalue weighted by molar-refractivity contribution is -0.132. The molecule has 0 atom stereocenters. The molecule has 7 heteroatoms. The average Bonchev–Trinajstić information content (AvgIpc) is 2.70. The van der Waals surface area contributed by atoms with Crippen molar-refractivity contribution in [1.29, 1.82) is 5.26 Å². The van der Waals surface area contributed by atoms with Crippen LogP contribution in [-0.4, -0.2) is 54.3 Å². The molecule has 1 aliphatic heterocycles. The summed E-state index contributed by atoms with van der Waals surface area (Å²) in [7, 11) is 0. The van der Waals surface area contributed by atoms with Crippen molar-refractivity contribution >= 4 is 29.1 Å². The summed E-state index contributed by atoms with van der Waals surface area (Å²) in [6.45, 7) is 4.80. The first-order valence-corrected chi connectivity index (χ1v) is 9.87. The van der Waals surface area contributed by atoms with Crippen LogP contribution in [0.3, 0.4) is 0 Å². The van der Waals surface area contributed by atoms with E-state index in [1.165, 1.54) is 5.56 Å². The monoisotopic (exact) mass is 410 g/mol. The molecule has 1 heterocycles. The highest BCUT2D eigenvalue weighted by atomic mass is 35.5. The van der Waals surface area contributed by atoms with Gasteiger partial charge in [-0.25, -0.2) is 0 Å². The van der Waals surface area contributed by atoms with Crippen LogP contribution in [0.15, 0.2) is 42.5 Å². The lowest BCUT2D eigenvalue weighted by Gasteiger charge is -2.34. The summed E-state index contributed by atoms with van der Waals surface area (Å²) >= 11 is 5.99. The van der Waals surface area contributed by atoms with Crippen LogP contribution in [0, 0.1) is 18.3 Å². The van der Waals surface area contributed by atoms with Crippen LogP contribution in [0.1, 0.15) is 16.7 Å². The van der Waals surface area contributed by atoms with Crippen LogP contribution in [0.25, 0.3) is 0 Å². The van der Waals surface area contributed by atoms with Gasteiger partial charge in [-0.2, -0.15) is 5.26 Å². The van der Waals surface area contributed by atoms with Crippen LogP contribution in [-0.2, 0) is 16.0 Å². The molecule has 2 amide bonds. The van der Waals surface area contributed by atoms with Gasteiger partial charge in [-0.1, -0.05) is 41.4 Å². The fourth-order valence-corrected chi connectivity index (χ4v) is 3.46. The third-order valence-corrected chi connectivity index (χ3v) is 5.25. The molecule has 0 unspecified atom stereocenters. The van der Waals surface area contributed by atoms with Crippen molar-refractivity contribution in [3.8, 4) is 6.07 Å². The number of aryl methyl sites for hydroxylation is 1. The zero-order valence-electron chi connectivity index (χ0n) is 16.3. The smallest absolute Gasteiger partial charge is 0.238 e. The number of nitrogens with zero attached hydrogens (tertiary/aromatic N) is 3. The van der Waals surface area contributed by atoms with Gasteiger partial charge in [-0.15, -0.1) is 0 Å². The Labute approximate surface area is 175 Å². The summed E-state index contributed by atoms with van der Waals surface area (Å²) in [5, 5.41) is 12.0. The number of piperazine rings is 1. The van der Waals surface area contributed by atoms with E-state index < -0.39 is 0 Å². The molecule has 3 rings (SSSR count). The van der Waals surface area contributed by atoms with Crippen LogP contribution in [0.5, 0.6) is 0 Å². The van der Waals surface area contributed by atoms with Crippen molar-refractivity contribution in [3.05, 3.63) is 64.2 Å². The molecule has 0 saturated carbocycles. The second-order valence-corrected chi connectivity index (χ2v) is 7.58. The van der Waals surface area contributed by atoms with Crippen molar-refractivity contribution in [1.82, 2.24) is 9.80 Å². The predicted molar refractivity (Wildman–Crippen MR) is 113 cm³/mol. The highest BCUT2D eigenvalue weighted by molar-refractivity contribution is 6.32. The van der Waals surface area contributed by atoms with Gasteiger partial charge in [0.2, 0.25) is 11.8 Å². The number of benzene rings is 2. The number of carbonyl (C=O) groups excluding carboxylic acids is 2. The first-order chi connectivity index (χ1) is 13.9. The second-order valence-electron chi connectivity index (χ2n) is 7.17. The average molecular weight is 411 g/mol.